The minimum atomic E-state index is -0.257. The Morgan fingerprint density at radius 2 is 2.06 bits per heavy atom. The summed E-state index contributed by atoms with van der Waals surface area (Å²) in [7, 11) is 0. The first-order chi connectivity index (χ1) is 7.83. The minimum absolute atomic E-state index is 0.257. The number of piperazine rings is 1. The molecule has 0 aliphatic carbocycles. The highest BCUT2D eigenvalue weighted by molar-refractivity contribution is 5.07. The molecular formula is C12H16FN3. The molecule has 4 heteroatoms. The smallest absolute Gasteiger partial charge is 0.141 e. The molecule has 0 spiro atoms. The Morgan fingerprint density at radius 3 is 2.69 bits per heavy atom. The number of nitrogens with zero attached hydrogens (tertiary/aromatic N) is 2. The molecule has 0 aromatic carbocycles. The molecule has 86 valence electrons. The fourth-order valence-electron chi connectivity index (χ4n) is 2.81. The molecule has 3 nitrogen and oxygen atoms in total. The maximum atomic E-state index is 12.7. The Morgan fingerprint density at radius 1 is 1.31 bits per heavy atom. The van der Waals surface area contributed by atoms with Crippen LogP contribution in [0, 0.1) is 5.82 Å². The van der Waals surface area contributed by atoms with Crippen LogP contribution in [0.3, 0.4) is 0 Å². The molecule has 2 aliphatic heterocycles. The summed E-state index contributed by atoms with van der Waals surface area (Å²) in [5.74, 6) is -0.257. The van der Waals surface area contributed by atoms with Crippen molar-refractivity contribution >= 4 is 0 Å². The molecule has 3 rings (SSSR count). The van der Waals surface area contributed by atoms with Gasteiger partial charge in [0.05, 0.1) is 11.9 Å². The summed E-state index contributed by atoms with van der Waals surface area (Å²) in [6, 6.07) is 4.57. The van der Waals surface area contributed by atoms with Crippen molar-refractivity contribution in [3.05, 3.63) is 29.8 Å². The van der Waals surface area contributed by atoms with E-state index in [4.69, 9.17) is 0 Å². The summed E-state index contributed by atoms with van der Waals surface area (Å²) in [5, 5.41) is 3.45. The van der Waals surface area contributed by atoms with E-state index in [0.717, 1.165) is 25.3 Å². The van der Waals surface area contributed by atoms with Gasteiger partial charge in [0, 0.05) is 31.7 Å². The standard InChI is InChI=1S/C12H16FN3/c13-9-1-2-10(15-5-9)8-16-11-3-4-12(16)7-14-6-11/h1-2,5,11-12,14H,3-4,6-8H2. The number of aromatic nitrogens is 1. The zero-order valence-electron chi connectivity index (χ0n) is 9.19. The average Bonchev–Trinajstić information content (AvgIpc) is 2.52. The van der Waals surface area contributed by atoms with Gasteiger partial charge in [-0.15, -0.1) is 0 Å². The first-order valence-electron chi connectivity index (χ1n) is 5.90. The van der Waals surface area contributed by atoms with Gasteiger partial charge in [-0.1, -0.05) is 0 Å². The summed E-state index contributed by atoms with van der Waals surface area (Å²) >= 11 is 0. The van der Waals surface area contributed by atoms with Gasteiger partial charge in [0.2, 0.25) is 0 Å². The van der Waals surface area contributed by atoms with Crippen LogP contribution in [0.5, 0.6) is 0 Å². The number of halogens is 1. The molecule has 0 amide bonds. The van der Waals surface area contributed by atoms with E-state index in [1.807, 2.05) is 0 Å². The molecule has 1 N–H and O–H groups in total. The number of hydrogen-bond donors (Lipinski definition) is 1. The number of nitrogens with one attached hydrogen (secondary N) is 1. The Bertz CT molecular complexity index is 349. The first-order valence-corrected chi connectivity index (χ1v) is 5.90. The van der Waals surface area contributed by atoms with Crippen LogP contribution in [0.25, 0.3) is 0 Å². The van der Waals surface area contributed by atoms with E-state index in [2.05, 4.69) is 15.2 Å². The molecule has 2 fully saturated rings. The monoisotopic (exact) mass is 221 g/mol. The van der Waals surface area contributed by atoms with Gasteiger partial charge in [0.1, 0.15) is 5.82 Å². The highest BCUT2D eigenvalue weighted by Gasteiger charge is 2.36. The van der Waals surface area contributed by atoms with Gasteiger partial charge in [-0.05, 0) is 25.0 Å². The lowest BCUT2D eigenvalue weighted by molar-refractivity contribution is 0.143. The van der Waals surface area contributed by atoms with Crippen molar-refractivity contribution in [1.82, 2.24) is 15.2 Å². The molecule has 1 aromatic heterocycles. The lowest BCUT2D eigenvalue weighted by atomic mass is 10.2. The van der Waals surface area contributed by atoms with Crippen molar-refractivity contribution in [1.29, 1.82) is 0 Å². The molecule has 1 aromatic rings. The summed E-state index contributed by atoms with van der Waals surface area (Å²) in [6.07, 6.45) is 3.86. The molecule has 2 unspecified atom stereocenters. The van der Waals surface area contributed by atoms with Gasteiger partial charge in [-0.3, -0.25) is 9.88 Å². The maximum Gasteiger partial charge on any atom is 0.141 e. The summed E-state index contributed by atoms with van der Waals surface area (Å²) in [4.78, 5) is 6.64. The molecule has 0 radical (unpaired) electrons. The van der Waals surface area contributed by atoms with E-state index in [9.17, 15) is 4.39 Å². The molecule has 0 saturated carbocycles. The Hall–Kier alpha value is -1.00. The number of pyridine rings is 1. The van der Waals surface area contributed by atoms with Gasteiger partial charge in [-0.2, -0.15) is 0 Å². The lowest BCUT2D eigenvalue weighted by Crippen LogP contribution is -2.51. The van der Waals surface area contributed by atoms with Gasteiger partial charge in [0.15, 0.2) is 0 Å². The van der Waals surface area contributed by atoms with Gasteiger partial charge in [-0.25, -0.2) is 4.39 Å². The lowest BCUT2D eigenvalue weighted by Gasteiger charge is -2.34. The summed E-state index contributed by atoms with van der Waals surface area (Å²) < 4.78 is 12.7. The molecule has 2 bridgehead atoms. The van der Waals surface area contributed by atoms with Crippen molar-refractivity contribution in [3.8, 4) is 0 Å². The third-order valence-electron chi connectivity index (χ3n) is 3.66. The van der Waals surface area contributed by atoms with Crippen molar-refractivity contribution in [2.45, 2.75) is 31.5 Å². The average molecular weight is 221 g/mol. The van der Waals surface area contributed by atoms with Crippen LogP contribution in [-0.4, -0.2) is 35.1 Å². The maximum absolute atomic E-state index is 12.7. The van der Waals surface area contributed by atoms with Crippen LogP contribution in [0.2, 0.25) is 0 Å². The molecule has 2 aliphatic rings. The Balaban J connectivity index is 1.72. The highest BCUT2D eigenvalue weighted by atomic mass is 19.1. The second kappa shape index (κ2) is 4.11. The molecule has 2 atom stereocenters. The number of hydrogen-bond acceptors (Lipinski definition) is 3. The second-order valence-electron chi connectivity index (χ2n) is 4.68. The fraction of sp³-hybridized carbons (Fsp3) is 0.583. The molecule has 3 heterocycles. The van der Waals surface area contributed by atoms with Crippen LogP contribution in [0.15, 0.2) is 18.3 Å². The van der Waals surface area contributed by atoms with E-state index >= 15 is 0 Å². The van der Waals surface area contributed by atoms with Crippen LogP contribution in [-0.2, 0) is 6.54 Å². The van der Waals surface area contributed by atoms with Crippen molar-refractivity contribution in [3.63, 3.8) is 0 Å². The minimum Gasteiger partial charge on any atom is -0.314 e. The topological polar surface area (TPSA) is 28.2 Å². The predicted octanol–water partition coefficient (Wildman–Crippen LogP) is 1.16. The van der Waals surface area contributed by atoms with Crippen LogP contribution >= 0.6 is 0 Å². The normalized spacial score (nSPS) is 29.6. The SMILES string of the molecule is Fc1ccc(CN2C3CCC2CNC3)nc1. The largest absolute Gasteiger partial charge is 0.314 e. The summed E-state index contributed by atoms with van der Waals surface area (Å²) in [6.45, 7) is 3.02. The second-order valence-corrected chi connectivity index (χ2v) is 4.68. The van der Waals surface area contributed by atoms with Gasteiger partial charge >= 0.3 is 0 Å². The third-order valence-corrected chi connectivity index (χ3v) is 3.66. The van der Waals surface area contributed by atoms with Crippen LogP contribution in [0.1, 0.15) is 18.5 Å². The van der Waals surface area contributed by atoms with Crippen LogP contribution < -0.4 is 5.32 Å². The fourth-order valence-corrected chi connectivity index (χ4v) is 2.81. The van der Waals surface area contributed by atoms with Gasteiger partial charge in [0.25, 0.3) is 0 Å². The van der Waals surface area contributed by atoms with Crippen molar-refractivity contribution in [2.75, 3.05) is 13.1 Å². The summed E-state index contributed by atoms with van der Waals surface area (Å²) in [5.41, 5.74) is 0.972. The Labute approximate surface area is 94.7 Å². The first kappa shape index (κ1) is 10.2. The zero-order chi connectivity index (χ0) is 11.0. The quantitative estimate of drug-likeness (QED) is 0.812. The Kier molecular flexibility index (Phi) is 2.61. The molecular weight excluding hydrogens is 205 g/mol. The predicted molar refractivity (Wildman–Crippen MR) is 59.4 cm³/mol. The third kappa shape index (κ3) is 1.83. The van der Waals surface area contributed by atoms with E-state index in [1.165, 1.54) is 25.1 Å². The van der Waals surface area contributed by atoms with Crippen molar-refractivity contribution in [2.24, 2.45) is 0 Å². The van der Waals surface area contributed by atoms with Crippen LogP contribution in [0.4, 0.5) is 4.39 Å². The number of rotatable bonds is 2. The van der Waals surface area contributed by atoms with E-state index < -0.39 is 0 Å². The highest BCUT2D eigenvalue weighted by Crippen LogP contribution is 2.27. The number of fused-ring (bicyclic) bond motifs is 2. The van der Waals surface area contributed by atoms with E-state index in [1.54, 1.807) is 6.07 Å². The zero-order valence-corrected chi connectivity index (χ0v) is 9.19. The van der Waals surface area contributed by atoms with Crippen molar-refractivity contribution < 1.29 is 4.39 Å². The molecule has 2 saturated heterocycles. The molecule has 16 heavy (non-hydrogen) atoms. The van der Waals surface area contributed by atoms with E-state index in [-0.39, 0.29) is 5.82 Å². The van der Waals surface area contributed by atoms with Gasteiger partial charge < -0.3 is 5.32 Å². The van der Waals surface area contributed by atoms with E-state index in [0.29, 0.717) is 12.1 Å².